The van der Waals surface area contributed by atoms with Gasteiger partial charge in [0.05, 0.1) is 12.8 Å². The average molecular weight is 322 g/mol. The molecule has 1 unspecified atom stereocenters. The molecule has 22 heavy (non-hydrogen) atoms. The summed E-state index contributed by atoms with van der Waals surface area (Å²) in [6.45, 7) is 0. The fourth-order valence-corrected chi connectivity index (χ4v) is 1.28. The Kier molecular flexibility index (Phi) is 12.6. The van der Waals surface area contributed by atoms with Crippen molar-refractivity contribution in [1.82, 2.24) is 0 Å². The van der Waals surface area contributed by atoms with Gasteiger partial charge in [0.25, 0.3) is 0 Å². The topological polar surface area (TPSA) is 201 Å². The minimum absolute atomic E-state index is 0.0757. The summed E-state index contributed by atoms with van der Waals surface area (Å²) in [5, 5.41) is 32.8. The lowest BCUT2D eigenvalue weighted by atomic mass is 10.1. The first kappa shape index (κ1) is 22.1. The largest absolute Gasteiger partial charge is 0.481 e. The zero-order chi connectivity index (χ0) is 17.7. The predicted octanol–water partition coefficient (Wildman–Crippen LogP) is -0.694. The van der Waals surface area contributed by atoms with Crippen molar-refractivity contribution in [1.29, 1.82) is 0 Å². The predicted molar refractivity (Wildman–Crippen MR) is 74.2 cm³/mol. The Bertz CT molecular complexity index is 369. The van der Waals surface area contributed by atoms with Crippen molar-refractivity contribution in [2.75, 3.05) is 0 Å². The maximum Gasteiger partial charge on any atom is 0.320 e. The second-order valence-corrected chi connectivity index (χ2v) is 4.54. The van der Waals surface area contributed by atoms with Gasteiger partial charge in [-0.2, -0.15) is 0 Å². The van der Waals surface area contributed by atoms with Gasteiger partial charge in [0.15, 0.2) is 0 Å². The zero-order valence-corrected chi connectivity index (χ0v) is 12.0. The normalized spacial score (nSPS) is 11.2. The summed E-state index contributed by atoms with van der Waals surface area (Å²) in [6, 6.07) is -1.64. The fourth-order valence-electron chi connectivity index (χ4n) is 1.28. The molecular weight excluding hydrogens is 300 g/mol. The summed E-state index contributed by atoms with van der Waals surface area (Å²) in [4.78, 5) is 40.1. The van der Waals surface area contributed by atoms with E-state index in [1.807, 2.05) is 0 Å². The number of carbonyl (C=O) groups is 4. The molecule has 0 aromatic heterocycles. The maximum atomic E-state index is 10.2. The minimum atomic E-state index is -1.08. The van der Waals surface area contributed by atoms with Crippen LogP contribution in [0.15, 0.2) is 0 Å². The van der Waals surface area contributed by atoms with Gasteiger partial charge < -0.3 is 31.9 Å². The molecule has 0 heterocycles. The van der Waals surface area contributed by atoms with E-state index >= 15 is 0 Å². The van der Waals surface area contributed by atoms with Crippen LogP contribution in [0.5, 0.6) is 0 Å². The molecule has 0 rings (SSSR count). The number of rotatable bonds is 10. The first-order chi connectivity index (χ1) is 10.1. The van der Waals surface area contributed by atoms with E-state index in [-0.39, 0.29) is 19.3 Å². The Labute approximate surface area is 126 Å². The van der Waals surface area contributed by atoms with E-state index in [4.69, 9.17) is 31.9 Å². The van der Waals surface area contributed by atoms with E-state index in [0.717, 1.165) is 0 Å². The number of carboxylic acids is 4. The molecule has 0 aliphatic heterocycles. The quantitative estimate of drug-likeness (QED) is 0.279. The molecule has 8 N–H and O–H groups in total. The number of hydrogen-bond acceptors (Lipinski definition) is 6. The van der Waals surface area contributed by atoms with Crippen LogP contribution in [0, 0.1) is 0 Å². The highest BCUT2D eigenvalue weighted by Crippen LogP contribution is 2.02. The average Bonchev–Trinajstić information content (AvgIpc) is 2.32. The van der Waals surface area contributed by atoms with Gasteiger partial charge in [0.2, 0.25) is 0 Å². The molecule has 1 atom stereocenters. The monoisotopic (exact) mass is 322 g/mol. The summed E-state index contributed by atoms with van der Waals surface area (Å²) in [5.41, 5.74) is 10.3. The summed E-state index contributed by atoms with van der Waals surface area (Å²) < 4.78 is 0. The molecule has 0 aromatic carbocycles. The summed E-state index contributed by atoms with van der Waals surface area (Å²) in [7, 11) is 0. The Balaban J connectivity index is 0. The first-order valence-electron chi connectivity index (χ1n) is 6.45. The fraction of sp³-hybridized carbons (Fsp3) is 0.667. The second-order valence-electron chi connectivity index (χ2n) is 4.54. The number of nitrogens with two attached hydrogens (primary N) is 2. The highest BCUT2D eigenvalue weighted by Gasteiger charge is 2.11. The van der Waals surface area contributed by atoms with E-state index in [2.05, 4.69) is 0 Å². The number of aliphatic carboxylic acids is 4. The third kappa shape index (κ3) is 17.8. The van der Waals surface area contributed by atoms with Crippen LogP contribution in [-0.4, -0.2) is 56.4 Å². The molecule has 0 aliphatic rings. The van der Waals surface area contributed by atoms with Crippen LogP contribution in [0.4, 0.5) is 0 Å². The van der Waals surface area contributed by atoms with Gasteiger partial charge >= 0.3 is 23.9 Å². The first-order valence-corrected chi connectivity index (χ1v) is 6.45. The standard InChI is InChI=1S/C7H13NO4.C5H9NO4/c8-5(7(11)12)3-1-2-4-6(9)10;6-3(1-4(7)8)2-5(9)10/h5H,1-4,8H2,(H,9,10)(H,11,12);3H,1-2,6H2,(H,7,8)(H,9,10). The summed E-state index contributed by atoms with van der Waals surface area (Å²) >= 11 is 0. The Morgan fingerprint density at radius 1 is 0.773 bits per heavy atom. The molecule has 0 saturated carbocycles. The minimum Gasteiger partial charge on any atom is -0.481 e. The molecule has 0 spiro atoms. The lowest BCUT2D eigenvalue weighted by Gasteiger charge is -2.03. The van der Waals surface area contributed by atoms with Gasteiger partial charge in [-0.05, 0) is 12.8 Å². The molecule has 0 aromatic rings. The van der Waals surface area contributed by atoms with Gasteiger partial charge in [0, 0.05) is 12.5 Å². The van der Waals surface area contributed by atoms with Crippen molar-refractivity contribution in [2.24, 2.45) is 11.5 Å². The zero-order valence-electron chi connectivity index (χ0n) is 12.0. The third-order valence-corrected chi connectivity index (χ3v) is 2.35. The van der Waals surface area contributed by atoms with Crippen molar-refractivity contribution in [2.45, 2.75) is 50.6 Å². The lowest BCUT2D eigenvalue weighted by molar-refractivity contribution is -0.140. The Morgan fingerprint density at radius 3 is 1.55 bits per heavy atom. The highest BCUT2D eigenvalue weighted by molar-refractivity contribution is 5.73. The van der Waals surface area contributed by atoms with Crippen LogP contribution >= 0.6 is 0 Å². The lowest BCUT2D eigenvalue weighted by Crippen LogP contribution is -2.29. The van der Waals surface area contributed by atoms with Gasteiger partial charge in [-0.3, -0.25) is 19.2 Å². The van der Waals surface area contributed by atoms with Crippen LogP contribution in [-0.2, 0) is 19.2 Å². The molecule has 10 nitrogen and oxygen atoms in total. The molecular formula is C12H22N2O8. The number of carboxylic acid groups (broad SMARTS) is 4. The third-order valence-electron chi connectivity index (χ3n) is 2.35. The van der Waals surface area contributed by atoms with Crippen LogP contribution in [0.3, 0.4) is 0 Å². The van der Waals surface area contributed by atoms with E-state index in [1.165, 1.54) is 0 Å². The van der Waals surface area contributed by atoms with Gasteiger partial charge in [-0.15, -0.1) is 0 Å². The van der Waals surface area contributed by atoms with Crippen LogP contribution in [0.25, 0.3) is 0 Å². The highest BCUT2D eigenvalue weighted by atomic mass is 16.4. The molecule has 0 amide bonds. The van der Waals surface area contributed by atoms with Crippen molar-refractivity contribution in [3.63, 3.8) is 0 Å². The van der Waals surface area contributed by atoms with Crippen molar-refractivity contribution >= 4 is 23.9 Å². The number of unbranched alkanes of at least 4 members (excludes halogenated alkanes) is 1. The van der Waals surface area contributed by atoms with Gasteiger partial charge in [-0.25, -0.2) is 0 Å². The smallest absolute Gasteiger partial charge is 0.320 e. The molecule has 128 valence electrons. The van der Waals surface area contributed by atoms with E-state index in [0.29, 0.717) is 19.3 Å². The van der Waals surface area contributed by atoms with Crippen LogP contribution < -0.4 is 11.5 Å². The SMILES string of the molecule is NC(CC(=O)O)CC(=O)O.NC(CCCCC(=O)O)C(=O)O. The molecule has 0 fully saturated rings. The second kappa shape index (κ2) is 12.5. The number of hydrogen-bond donors (Lipinski definition) is 6. The van der Waals surface area contributed by atoms with E-state index < -0.39 is 36.0 Å². The van der Waals surface area contributed by atoms with Crippen molar-refractivity contribution in [3.8, 4) is 0 Å². The van der Waals surface area contributed by atoms with E-state index in [1.54, 1.807) is 0 Å². The van der Waals surface area contributed by atoms with Gasteiger partial charge in [-0.1, -0.05) is 6.42 Å². The van der Waals surface area contributed by atoms with Gasteiger partial charge in [0.1, 0.15) is 6.04 Å². The summed E-state index contributed by atoms with van der Waals surface area (Å²) in [6.07, 6.45) is 0.837. The van der Waals surface area contributed by atoms with Crippen LogP contribution in [0.2, 0.25) is 0 Å². The summed E-state index contributed by atoms with van der Waals surface area (Å²) in [5.74, 6) is -4.05. The molecule has 0 aliphatic carbocycles. The maximum absolute atomic E-state index is 10.2. The Hall–Kier alpha value is -2.20. The molecule has 10 heteroatoms. The van der Waals surface area contributed by atoms with E-state index in [9.17, 15) is 19.2 Å². The van der Waals surface area contributed by atoms with Crippen molar-refractivity contribution < 1.29 is 39.6 Å². The molecule has 0 saturated heterocycles. The Morgan fingerprint density at radius 2 is 1.23 bits per heavy atom. The van der Waals surface area contributed by atoms with Crippen molar-refractivity contribution in [3.05, 3.63) is 0 Å². The molecule has 0 radical (unpaired) electrons. The van der Waals surface area contributed by atoms with Crippen LogP contribution in [0.1, 0.15) is 38.5 Å². The molecule has 0 bridgehead atoms.